The van der Waals surface area contributed by atoms with Crippen LogP contribution in [-0.2, 0) is 6.54 Å². The number of hydrogen-bond donors (Lipinski definition) is 0. The average molecular weight is 477 g/mol. The number of piperazine rings is 1. The number of rotatable bonds is 5. The number of piperidine rings is 1. The maximum atomic E-state index is 13.4. The number of carbonyl (C=O) groups excluding carboxylic acids is 1. The highest BCUT2D eigenvalue weighted by Crippen LogP contribution is 2.37. The summed E-state index contributed by atoms with van der Waals surface area (Å²) in [5.41, 5.74) is 1.61. The number of nitrogens with zero attached hydrogens (tertiary/aromatic N) is 2. The Morgan fingerprint density at radius 3 is 2.37 bits per heavy atom. The van der Waals surface area contributed by atoms with Crippen LogP contribution < -0.4 is 9.47 Å². The molecule has 30 heavy (non-hydrogen) atoms. The number of carbonyl (C=O) groups is 1. The predicted molar refractivity (Wildman–Crippen MR) is 117 cm³/mol. The molecule has 0 saturated carbocycles. The van der Waals surface area contributed by atoms with Crippen molar-refractivity contribution in [2.75, 3.05) is 27.3 Å². The van der Waals surface area contributed by atoms with Crippen LogP contribution in [0.1, 0.15) is 35.2 Å². The molecule has 7 heteroatoms. The largest absolute Gasteiger partial charge is 0.493 e. The van der Waals surface area contributed by atoms with Gasteiger partial charge in [0.05, 0.1) is 19.8 Å². The van der Waals surface area contributed by atoms with Crippen LogP contribution in [0.3, 0.4) is 0 Å². The standard InChI is InChI=1S/C23H26BrFN2O3/c1-29-21-11-16(24)10-20(22(21)30-2)23(28)26-13-18-4-3-5-19(14-26)27(18)12-15-6-8-17(25)9-7-15/h6-11,18-19H,3-5,12-14H2,1-2H3. The number of halogens is 2. The number of likely N-dealkylation sites (tertiary alicyclic amines) is 1. The lowest BCUT2D eigenvalue weighted by Crippen LogP contribution is -2.61. The summed E-state index contributed by atoms with van der Waals surface area (Å²) in [6, 6.07) is 10.9. The molecule has 2 unspecified atom stereocenters. The van der Waals surface area contributed by atoms with Crippen LogP contribution in [0.5, 0.6) is 11.5 Å². The Kier molecular flexibility index (Phi) is 6.29. The highest BCUT2D eigenvalue weighted by atomic mass is 79.9. The van der Waals surface area contributed by atoms with Crippen molar-refractivity contribution in [3.8, 4) is 11.5 Å². The van der Waals surface area contributed by atoms with E-state index in [1.807, 2.05) is 17.0 Å². The normalized spacial score (nSPS) is 21.4. The van der Waals surface area contributed by atoms with Crippen LogP contribution in [0.2, 0.25) is 0 Å². The Morgan fingerprint density at radius 1 is 1.10 bits per heavy atom. The topological polar surface area (TPSA) is 42.0 Å². The summed E-state index contributed by atoms with van der Waals surface area (Å²) in [4.78, 5) is 17.9. The number of amides is 1. The second kappa shape index (κ2) is 8.94. The zero-order valence-electron chi connectivity index (χ0n) is 17.2. The van der Waals surface area contributed by atoms with E-state index < -0.39 is 0 Å². The maximum absolute atomic E-state index is 13.4. The second-order valence-corrected chi connectivity index (χ2v) is 8.85. The second-order valence-electron chi connectivity index (χ2n) is 7.94. The predicted octanol–water partition coefficient (Wildman–Crippen LogP) is 4.48. The summed E-state index contributed by atoms with van der Waals surface area (Å²) in [6.45, 7) is 2.13. The summed E-state index contributed by atoms with van der Waals surface area (Å²) in [6.07, 6.45) is 3.28. The van der Waals surface area contributed by atoms with Gasteiger partial charge in [0, 0.05) is 36.2 Å². The Labute approximate surface area is 184 Å². The van der Waals surface area contributed by atoms with Gasteiger partial charge >= 0.3 is 0 Å². The molecule has 2 fully saturated rings. The van der Waals surface area contributed by atoms with Gasteiger partial charge in [-0.2, -0.15) is 0 Å². The van der Waals surface area contributed by atoms with Crippen LogP contribution in [-0.4, -0.2) is 55.1 Å². The first-order valence-electron chi connectivity index (χ1n) is 10.2. The molecule has 0 N–H and O–H groups in total. The third-order valence-corrected chi connectivity index (χ3v) is 6.57. The number of fused-ring (bicyclic) bond motifs is 2. The molecule has 0 aromatic heterocycles. The monoisotopic (exact) mass is 476 g/mol. The molecule has 2 bridgehead atoms. The number of hydrogen-bond acceptors (Lipinski definition) is 4. The van der Waals surface area contributed by atoms with Crippen LogP contribution in [0.4, 0.5) is 4.39 Å². The van der Waals surface area contributed by atoms with E-state index in [4.69, 9.17) is 9.47 Å². The van der Waals surface area contributed by atoms with Gasteiger partial charge < -0.3 is 14.4 Å². The zero-order valence-corrected chi connectivity index (χ0v) is 18.8. The van der Waals surface area contributed by atoms with Crippen molar-refractivity contribution >= 4 is 21.8 Å². The molecule has 0 radical (unpaired) electrons. The van der Waals surface area contributed by atoms with Crippen molar-refractivity contribution in [1.29, 1.82) is 0 Å². The lowest BCUT2D eigenvalue weighted by molar-refractivity contribution is -0.00933. The van der Waals surface area contributed by atoms with Crippen LogP contribution >= 0.6 is 15.9 Å². The Balaban J connectivity index is 1.55. The molecule has 2 atom stereocenters. The minimum atomic E-state index is -0.215. The fraction of sp³-hybridized carbons (Fsp3) is 0.435. The minimum Gasteiger partial charge on any atom is -0.493 e. The Hall–Kier alpha value is -2.12. The van der Waals surface area contributed by atoms with E-state index in [-0.39, 0.29) is 11.7 Å². The van der Waals surface area contributed by atoms with Gasteiger partial charge in [0.25, 0.3) is 5.91 Å². The summed E-state index contributed by atoms with van der Waals surface area (Å²) in [5, 5.41) is 0. The van der Waals surface area contributed by atoms with Crippen LogP contribution in [0, 0.1) is 5.82 Å². The molecule has 1 amide bonds. The highest BCUT2D eigenvalue weighted by molar-refractivity contribution is 9.10. The summed E-state index contributed by atoms with van der Waals surface area (Å²) < 4.78 is 24.9. The van der Waals surface area contributed by atoms with Gasteiger partial charge in [-0.1, -0.05) is 34.5 Å². The maximum Gasteiger partial charge on any atom is 0.257 e. The molecule has 5 nitrogen and oxygen atoms in total. The summed E-state index contributed by atoms with van der Waals surface area (Å²) in [5.74, 6) is 0.743. The fourth-order valence-electron chi connectivity index (χ4n) is 4.68. The van der Waals surface area contributed by atoms with Crippen molar-refractivity contribution in [1.82, 2.24) is 9.80 Å². The molecule has 4 rings (SSSR count). The molecule has 0 aliphatic carbocycles. The van der Waals surface area contributed by atoms with Crippen LogP contribution in [0.15, 0.2) is 40.9 Å². The van der Waals surface area contributed by atoms with Gasteiger partial charge in [0.2, 0.25) is 0 Å². The van der Waals surface area contributed by atoms with E-state index in [1.54, 1.807) is 26.4 Å². The van der Waals surface area contributed by atoms with Crippen molar-refractivity contribution in [3.63, 3.8) is 0 Å². The van der Waals surface area contributed by atoms with Crippen LogP contribution in [0.25, 0.3) is 0 Å². The molecular formula is C23H26BrFN2O3. The molecule has 2 heterocycles. The van der Waals surface area contributed by atoms with Gasteiger partial charge in [-0.3, -0.25) is 9.69 Å². The lowest BCUT2D eigenvalue weighted by Gasteiger charge is -2.50. The van der Waals surface area contributed by atoms with Gasteiger partial charge in [0.15, 0.2) is 11.5 Å². The summed E-state index contributed by atoms with van der Waals surface area (Å²) >= 11 is 3.47. The number of ether oxygens (including phenoxy) is 2. The van der Waals surface area contributed by atoms with Crippen molar-refractivity contribution < 1.29 is 18.7 Å². The Bertz CT molecular complexity index is 907. The van der Waals surface area contributed by atoms with Crippen molar-refractivity contribution in [3.05, 3.63) is 57.8 Å². The van der Waals surface area contributed by atoms with E-state index in [2.05, 4.69) is 20.8 Å². The summed E-state index contributed by atoms with van der Waals surface area (Å²) in [7, 11) is 3.12. The van der Waals surface area contributed by atoms with E-state index >= 15 is 0 Å². The van der Waals surface area contributed by atoms with E-state index in [0.717, 1.165) is 29.4 Å². The third-order valence-electron chi connectivity index (χ3n) is 6.11. The first-order chi connectivity index (χ1) is 14.5. The first-order valence-corrected chi connectivity index (χ1v) is 11.0. The van der Waals surface area contributed by atoms with E-state index in [0.29, 0.717) is 42.2 Å². The SMILES string of the molecule is COc1cc(Br)cc(C(=O)N2CC3CCCC(C2)N3Cc2ccc(F)cc2)c1OC. The lowest BCUT2D eigenvalue weighted by atomic mass is 9.90. The smallest absolute Gasteiger partial charge is 0.257 e. The molecule has 2 saturated heterocycles. The molecule has 2 aromatic rings. The van der Waals surface area contributed by atoms with Gasteiger partial charge in [0.1, 0.15) is 5.82 Å². The zero-order chi connectivity index (χ0) is 21.3. The van der Waals surface area contributed by atoms with Gasteiger partial charge in [-0.25, -0.2) is 4.39 Å². The van der Waals surface area contributed by atoms with E-state index in [1.165, 1.54) is 18.6 Å². The molecule has 2 aliphatic rings. The van der Waals surface area contributed by atoms with Crippen molar-refractivity contribution in [2.45, 2.75) is 37.9 Å². The van der Waals surface area contributed by atoms with Crippen molar-refractivity contribution in [2.24, 2.45) is 0 Å². The molecule has 2 aliphatic heterocycles. The van der Waals surface area contributed by atoms with Gasteiger partial charge in [-0.15, -0.1) is 0 Å². The number of benzene rings is 2. The quantitative estimate of drug-likeness (QED) is 0.637. The fourth-order valence-corrected chi connectivity index (χ4v) is 5.12. The Morgan fingerprint density at radius 2 is 1.77 bits per heavy atom. The highest BCUT2D eigenvalue weighted by Gasteiger charge is 2.39. The molecular weight excluding hydrogens is 451 g/mol. The average Bonchev–Trinajstić information content (AvgIpc) is 2.73. The minimum absolute atomic E-state index is 0.0372. The number of methoxy groups -OCH3 is 2. The first kappa shape index (κ1) is 21.1. The molecule has 160 valence electrons. The molecule has 0 spiro atoms. The van der Waals surface area contributed by atoms with Gasteiger partial charge in [-0.05, 0) is 42.7 Å². The third kappa shape index (κ3) is 4.18. The molecule has 2 aromatic carbocycles. The van der Waals surface area contributed by atoms with E-state index in [9.17, 15) is 9.18 Å².